The Labute approximate surface area is 152 Å². The molecule has 0 bridgehead atoms. The van der Waals surface area contributed by atoms with Gasteiger partial charge in [-0.15, -0.1) is 0 Å². The normalized spacial score (nSPS) is 14.0. The Morgan fingerprint density at radius 2 is 2.08 bits per heavy atom. The van der Waals surface area contributed by atoms with Crippen LogP contribution in [0.3, 0.4) is 0 Å². The van der Waals surface area contributed by atoms with Crippen molar-refractivity contribution in [3.63, 3.8) is 0 Å². The molecule has 0 aliphatic carbocycles. The number of nitrogens with one attached hydrogen (secondary N) is 2. The molecule has 1 aromatic heterocycles. The maximum atomic E-state index is 12.2. The lowest BCUT2D eigenvalue weighted by Gasteiger charge is -2.26. The molecule has 2 amide bonds. The Morgan fingerprint density at radius 3 is 2.88 bits per heavy atom. The number of carbonyl (C=O) groups is 1. The van der Waals surface area contributed by atoms with Crippen LogP contribution in [0.15, 0.2) is 36.5 Å². The minimum absolute atomic E-state index is 0.308. The monoisotopic (exact) mass is 357 g/mol. The van der Waals surface area contributed by atoms with Gasteiger partial charge in [0.2, 0.25) is 5.95 Å². The van der Waals surface area contributed by atoms with Gasteiger partial charge >= 0.3 is 6.03 Å². The molecule has 1 fully saturated rings. The molecule has 1 aliphatic rings. The van der Waals surface area contributed by atoms with Crippen molar-refractivity contribution in [2.45, 2.75) is 13.5 Å². The number of hydrogen-bond donors (Lipinski definition) is 2. The predicted octanol–water partition coefficient (Wildman–Crippen LogP) is 2.03. The molecule has 3 rings (SSSR count). The number of para-hydroxylation sites is 2. The van der Waals surface area contributed by atoms with E-state index in [9.17, 15) is 4.79 Å². The number of rotatable bonds is 6. The summed E-state index contributed by atoms with van der Waals surface area (Å²) in [6, 6.07) is 8.80. The second-order valence-electron chi connectivity index (χ2n) is 5.68. The average Bonchev–Trinajstić information content (AvgIpc) is 2.69. The van der Waals surface area contributed by atoms with Gasteiger partial charge in [0.25, 0.3) is 0 Å². The van der Waals surface area contributed by atoms with Gasteiger partial charge < -0.3 is 25.0 Å². The van der Waals surface area contributed by atoms with E-state index in [1.807, 2.05) is 25.1 Å². The topological polar surface area (TPSA) is 88.6 Å². The molecule has 0 atom stereocenters. The van der Waals surface area contributed by atoms with Crippen molar-refractivity contribution >= 4 is 17.7 Å². The third-order valence-electron chi connectivity index (χ3n) is 3.86. The summed E-state index contributed by atoms with van der Waals surface area (Å²) >= 11 is 0. The fourth-order valence-corrected chi connectivity index (χ4v) is 2.59. The predicted molar refractivity (Wildman–Crippen MR) is 98.5 cm³/mol. The zero-order valence-corrected chi connectivity index (χ0v) is 14.8. The first-order chi connectivity index (χ1) is 12.8. The second-order valence-corrected chi connectivity index (χ2v) is 5.68. The molecule has 0 spiro atoms. The van der Waals surface area contributed by atoms with Crippen molar-refractivity contribution in [3.8, 4) is 5.75 Å². The highest BCUT2D eigenvalue weighted by Gasteiger charge is 2.14. The first-order valence-corrected chi connectivity index (χ1v) is 8.67. The number of ether oxygens (including phenoxy) is 2. The summed E-state index contributed by atoms with van der Waals surface area (Å²) in [5, 5.41) is 5.61. The van der Waals surface area contributed by atoms with Crippen LogP contribution < -0.4 is 20.3 Å². The van der Waals surface area contributed by atoms with Gasteiger partial charge in [-0.3, -0.25) is 0 Å². The van der Waals surface area contributed by atoms with Gasteiger partial charge in [-0.2, -0.15) is 0 Å². The van der Waals surface area contributed by atoms with Gasteiger partial charge in [0.1, 0.15) is 5.75 Å². The van der Waals surface area contributed by atoms with Crippen LogP contribution in [0.25, 0.3) is 0 Å². The third kappa shape index (κ3) is 4.82. The largest absolute Gasteiger partial charge is 0.492 e. The highest BCUT2D eigenvalue weighted by molar-refractivity contribution is 5.90. The molecular formula is C18H23N5O3. The van der Waals surface area contributed by atoms with E-state index in [0.717, 1.165) is 18.8 Å². The van der Waals surface area contributed by atoms with E-state index in [4.69, 9.17) is 9.47 Å². The SMILES string of the molecule is CCOc1ccccc1NC(=O)NCc1ccnc(N2CCOCC2)n1. The van der Waals surface area contributed by atoms with Crippen LogP contribution in [-0.2, 0) is 11.3 Å². The lowest BCUT2D eigenvalue weighted by Crippen LogP contribution is -2.37. The lowest BCUT2D eigenvalue weighted by atomic mass is 10.3. The summed E-state index contributed by atoms with van der Waals surface area (Å²) in [4.78, 5) is 23.1. The number of nitrogens with zero attached hydrogens (tertiary/aromatic N) is 3. The number of hydrogen-bond acceptors (Lipinski definition) is 6. The van der Waals surface area contributed by atoms with Crippen LogP contribution in [-0.4, -0.2) is 48.9 Å². The van der Waals surface area contributed by atoms with Crippen LogP contribution >= 0.6 is 0 Å². The summed E-state index contributed by atoms with van der Waals surface area (Å²) in [6.45, 7) is 5.63. The van der Waals surface area contributed by atoms with Crippen molar-refractivity contribution in [2.24, 2.45) is 0 Å². The Kier molecular flexibility index (Phi) is 6.21. The molecule has 0 unspecified atom stereocenters. The van der Waals surface area contributed by atoms with Crippen molar-refractivity contribution in [1.82, 2.24) is 15.3 Å². The first-order valence-electron chi connectivity index (χ1n) is 8.67. The molecular weight excluding hydrogens is 334 g/mol. The van der Waals surface area contributed by atoms with E-state index in [1.165, 1.54) is 0 Å². The Morgan fingerprint density at radius 1 is 1.27 bits per heavy atom. The zero-order valence-electron chi connectivity index (χ0n) is 14.8. The van der Waals surface area contributed by atoms with E-state index < -0.39 is 0 Å². The van der Waals surface area contributed by atoms with Crippen molar-refractivity contribution in [2.75, 3.05) is 43.1 Å². The van der Waals surface area contributed by atoms with Gasteiger partial charge in [0.05, 0.1) is 37.7 Å². The molecule has 26 heavy (non-hydrogen) atoms. The molecule has 1 aromatic carbocycles. The third-order valence-corrected chi connectivity index (χ3v) is 3.86. The molecule has 8 heteroatoms. The molecule has 2 heterocycles. The van der Waals surface area contributed by atoms with E-state index in [0.29, 0.717) is 43.8 Å². The van der Waals surface area contributed by atoms with Crippen LogP contribution in [0.5, 0.6) is 5.75 Å². The summed E-state index contributed by atoms with van der Waals surface area (Å²) in [6.07, 6.45) is 1.71. The van der Waals surface area contributed by atoms with Gasteiger partial charge in [-0.05, 0) is 25.1 Å². The van der Waals surface area contributed by atoms with Gasteiger partial charge in [-0.1, -0.05) is 12.1 Å². The molecule has 0 radical (unpaired) electrons. The maximum Gasteiger partial charge on any atom is 0.319 e. The second kappa shape index (κ2) is 9.00. The van der Waals surface area contributed by atoms with Crippen molar-refractivity contribution < 1.29 is 14.3 Å². The van der Waals surface area contributed by atoms with Crippen molar-refractivity contribution in [3.05, 3.63) is 42.2 Å². The summed E-state index contributed by atoms with van der Waals surface area (Å²) < 4.78 is 10.8. The van der Waals surface area contributed by atoms with E-state index in [-0.39, 0.29) is 6.03 Å². The van der Waals surface area contributed by atoms with E-state index >= 15 is 0 Å². The molecule has 2 N–H and O–H groups in total. The highest BCUT2D eigenvalue weighted by Crippen LogP contribution is 2.23. The quantitative estimate of drug-likeness (QED) is 0.822. The molecule has 8 nitrogen and oxygen atoms in total. The van der Waals surface area contributed by atoms with Crippen LogP contribution in [0.2, 0.25) is 0 Å². The number of anilines is 2. The lowest BCUT2D eigenvalue weighted by molar-refractivity contribution is 0.122. The first kappa shape index (κ1) is 17.9. The number of benzene rings is 1. The maximum absolute atomic E-state index is 12.2. The highest BCUT2D eigenvalue weighted by atomic mass is 16.5. The minimum atomic E-state index is -0.316. The Bertz CT molecular complexity index is 734. The van der Waals surface area contributed by atoms with Gasteiger partial charge in [0.15, 0.2) is 0 Å². The molecule has 1 aliphatic heterocycles. The fourth-order valence-electron chi connectivity index (χ4n) is 2.59. The summed E-state index contributed by atoms with van der Waals surface area (Å²) in [5.74, 6) is 1.30. The van der Waals surface area contributed by atoms with Crippen LogP contribution in [0, 0.1) is 0 Å². The fraction of sp³-hybridized carbons (Fsp3) is 0.389. The summed E-state index contributed by atoms with van der Waals surface area (Å²) in [7, 11) is 0. The molecule has 0 saturated carbocycles. The summed E-state index contributed by atoms with van der Waals surface area (Å²) in [5.41, 5.74) is 1.37. The van der Waals surface area contributed by atoms with E-state index in [2.05, 4.69) is 25.5 Å². The zero-order chi connectivity index (χ0) is 18.2. The molecule has 2 aromatic rings. The molecule has 138 valence electrons. The number of aromatic nitrogens is 2. The standard InChI is InChI=1S/C18H23N5O3/c1-2-26-16-6-4-3-5-15(16)22-18(24)20-13-14-7-8-19-17(21-14)23-9-11-25-12-10-23/h3-8H,2,9-13H2,1H3,(H2,20,22,24). The minimum Gasteiger partial charge on any atom is -0.492 e. The van der Waals surface area contributed by atoms with Crippen LogP contribution in [0.1, 0.15) is 12.6 Å². The number of amides is 2. The average molecular weight is 357 g/mol. The number of carbonyl (C=O) groups excluding carboxylic acids is 1. The van der Waals surface area contributed by atoms with Crippen molar-refractivity contribution in [1.29, 1.82) is 0 Å². The van der Waals surface area contributed by atoms with Crippen LogP contribution in [0.4, 0.5) is 16.4 Å². The van der Waals surface area contributed by atoms with Gasteiger partial charge in [0, 0.05) is 19.3 Å². The molecule has 1 saturated heterocycles. The number of urea groups is 1. The Balaban J connectivity index is 1.56. The van der Waals surface area contributed by atoms with E-state index in [1.54, 1.807) is 18.3 Å². The van der Waals surface area contributed by atoms with Gasteiger partial charge in [-0.25, -0.2) is 14.8 Å². The smallest absolute Gasteiger partial charge is 0.319 e. The Hall–Kier alpha value is -2.87. The number of morpholine rings is 1.